The van der Waals surface area contributed by atoms with Gasteiger partial charge in [-0.05, 0) is 39.5 Å². The van der Waals surface area contributed by atoms with Crippen LogP contribution < -0.4 is 11.1 Å². The zero-order valence-corrected chi connectivity index (χ0v) is 12.6. The molecule has 0 bridgehead atoms. The van der Waals surface area contributed by atoms with Gasteiger partial charge < -0.3 is 16.0 Å². The summed E-state index contributed by atoms with van der Waals surface area (Å²) < 4.78 is 0. The van der Waals surface area contributed by atoms with Gasteiger partial charge >= 0.3 is 0 Å². The van der Waals surface area contributed by atoms with E-state index in [-0.39, 0.29) is 6.17 Å². The molecule has 3 heteroatoms. The minimum absolute atomic E-state index is 0.0999. The first kappa shape index (κ1) is 16.1. The molecular formula is C16H31N3. The monoisotopic (exact) mass is 265 g/mol. The number of unbranched alkanes of at least 4 members (excludes halogenated alkanes) is 6. The highest BCUT2D eigenvalue weighted by Gasteiger charge is 2.20. The molecule has 0 spiro atoms. The van der Waals surface area contributed by atoms with Crippen LogP contribution in [-0.2, 0) is 0 Å². The molecule has 1 aliphatic heterocycles. The molecule has 0 amide bonds. The summed E-state index contributed by atoms with van der Waals surface area (Å²) in [7, 11) is 0. The second-order valence-corrected chi connectivity index (χ2v) is 5.45. The molecule has 0 saturated carbocycles. The van der Waals surface area contributed by atoms with Gasteiger partial charge in [0.2, 0.25) is 0 Å². The van der Waals surface area contributed by atoms with E-state index in [0.717, 1.165) is 0 Å². The van der Waals surface area contributed by atoms with Crippen LogP contribution in [0.15, 0.2) is 24.6 Å². The first-order valence-electron chi connectivity index (χ1n) is 7.82. The van der Waals surface area contributed by atoms with Crippen molar-refractivity contribution in [2.75, 3.05) is 0 Å². The van der Waals surface area contributed by atoms with Crippen LogP contribution in [0.2, 0.25) is 0 Å². The van der Waals surface area contributed by atoms with Gasteiger partial charge in [-0.1, -0.05) is 37.8 Å². The van der Waals surface area contributed by atoms with Crippen LogP contribution in [0.25, 0.3) is 0 Å². The molecule has 0 aromatic rings. The summed E-state index contributed by atoms with van der Waals surface area (Å²) in [5.74, 6) is 0. The summed E-state index contributed by atoms with van der Waals surface area (Å²) in [6.45, 7) is 4.13. The summed E-state index contributed by atoms with van der Waals surface area (Å²) in [6, 6.07) is 0. The highest BCUT2D eigenvalue weighted by atomic mass is 15.3. The Morgan fingerprint density at radius 3 is 2.58 bits per heavy atom. The van der Waals surface area contributed by atoms with Gasteiger partial charge in [0.05, 0.1) is 12.3 Å². The van der Waals surface area contributed by atoms with E-state index in [2.05, 4.69) is 35.5 Å². The molecule has 110 valence electrons. The van der Waals surface area contributed by atoms with Crippen LogP contribution in [0, 0.1) is 0 Å². The molecule has 1 aliphatic rings. The minimum Gasteiger partial charge on any atom is -0.370 e. The topological polar surface area (TPSA) is 41.3 Å². The van der Waals surface area contributed by atoms with E-state index in [1.54, 1.807) is 0 Å². The Hall–Kier alpha value is -0.960. The first-order chi connectivity index (χ1) is 9.25. The number of nitrogens with one attached hydrogen (secondary N) is 1. The van der Waals surface area contributed by atoms with E-state index in [4.69, 9.17) is 5.73 Å². The minimum atomic E-state index is 0.0999. The third-order valence-electron chi connectivity index (χ3n) is 3.70. The molecule has 1 heterocycles. The number of hydrogen-bond acceptors (Lipinski definition) is 3. The molecule has 3 nitrogen and oxygen atoms in total. The second kappa shape index (κ2) is 9.90. The van der Waals surface area contributed by atoms with Crippen molar-refractivity contribution in [2.45, 2.75) is 77.5 Å². The Bertz CT molecular complexity index is 271. The van der Waals surface area contributed by atoms with Gasteiger partial charge in [-0.25, -0.2) is 0 Å². The first-order valence-corrected chi connectivity index (χ1v) is 7.82. The number of rotatable bonds is 10. The zero-order chi connectivity index (χ0) is 13.9. The maximum absolute atomic E-state index is 5.93. The summed E-state index contributed by atoms with van der Waals surface area (Å²) >= 11 is 0. The quantitative estimate of drug-likeness (QED) is 0.467. The fraction of sp³-hybridized carbons (Fsp3) is 0.750. The van der Waals surface area contributed by atoms with Gasteiger partial charge in [0.25, 0.3) is 0 Å². The Morgan fingerprint density at radius 2 is 1.89 bits per heavy atom. The van der Waals surface area contributed by atoms with Crippen LogP contribution in [-0.4, -0.2) is 17.2 Å². The normalized spacial score (nSPS) is 20.2. The smallest absolute Gasteiger partial charge is 0.0995 e. The molecule has 0 saturated heterocycles. The molecule has 0 fully saturated rings. The predicted octanol–water partition coefficient (Wildman–Crippen LogP) is 3.69. The fourth-order valence-electron chi connectivity index (χ4n) is 2.56. The Morgan fingerprint density at radius 1 is 1.21 bits per heavy atom. The van der Waals surface area contributed by atoms with Gasteiger partial charge in [-0.3, -0.25) is 0 Å². The van der Waals surface area contributed by atoms with Gasteiger partial charge in [0, 0.05) is 12.4 Å². The Kier molecular flexibility index (Phi) is 8.39. The molecule has 0 aromatic carbocycles. The van der Waals surface area contributed by atoms with E-state index in [0.29, 0.717) is 6.17 Å². The second-order valence-electron chi connectivity index (χ2n) is 5.45. The highest BCUT2D eigenvalue weighted by molar-refractivity contribution is 4.95. The van der Waals surface area contributed by atoms with Gasteiger partial charge in [0.1, 0.15) is 0 Å². The maximum atomic E-state index is 5.93. The van der Waals surface area contributed by atoms with Crippen LogP contribution in [0.5, 0.6) is 0 Å². The Labute approximate surface area is 118 Å². The summed E-state index contributed by atoms with van der Waals surface area (Å²) in [5, 5.41) is 3.37. The molecule has 19 heavy (non-hydrogen) atoms. The lowest BCUT2D eigenvalue weighted by Gasteiger charge is -2.28. The third-order valence-corrected chi connectivity index (χ3v) is 3.70. The molecular weight excluding hydrogens is 234 g/mol. The molecule has 1 rings (SSSR count). The fourth-order valence-corrected chi connectivity index (χ4v) is 2.56. The maximum Gasteiger partial charge on any atom is 0.0995 e. The van der Waals surface area contributed by atoms with Gasteiger partial charge in [-0.2, -0.15) is 0 Å². The average Bonchev–Trinajstić information content (AvgIpc) is 2.85. The van der Waals surface area contributed by atoms with Crippen molar-refractivity contribution in [1.82, 2.24) is 10.2 Å². The summed E-state index contributed by atoms with van der Waals surface area (Å²) in [4.78, 5) is 2.21. The summed E-state index contributed by atoms with van der Waals surface area (Å²) in [5.41, 5.74) is 5.93. The van der Waals surface area contributed by atoms with Crippen molar-refractivity contribution in [2.24, 2.45) is 5.73 Å². The number of allylic oxidation sites excluding steroid dienone is 2. The van der Waals surface area contributed by atoms with E-state index in [1.807, 2.05) is 13.1 Å². The van der Waals surface area contributed by atoms with Crippen molar-refractivity contribution < 1.29 is 0 Å². The van der Waals surface area contributed by atoms with Crippen LogP contribution >= 0.6 is 0 Å². The molecule has 3 N–H and O–H groups in total. The average molecular weight is 265 g/mol. The third kappa shape index (κ3) is 6.67. The van der Waals surface area contributed by atoms with Crippen LogP contribution in [0.3, 0.4) is 0 Å². The molecule has 0 radical (unpaired) electrons. The molecule has 2 atom stereocenters. The van der Waals surface area contributed by atoms with Gasteiger partial charge in [0.15, 0.2) is 0 Å². The molecule has 2 unspecified atom stereocenters. The summed E-state index contributed by atoms with van der Waals surface area (Å²) in [6.07, 6.45) is 19.5. The van der Waals surface area contributed by atoms with Crippen molar-refractivity contribution in [3.05, 3.63) is 24.6 Å². The van der Waals surface area contributed by atoms with Crippen molar-refractivity contribution in [1.29, 1.82) is 0 Å². The molecule has 0 aliphatic carbocycles. The lowest BCUT2D eigenvalue weighted by atomic mass is 10.1. The lowest BCUT2D eigenvalue weighted by molar-refractivity contribution is 0.208. The highest BCUT2D eigenvalue weighted by Crippen LogP contribution is 2.15. The van der Waals surface area contributed by atoms with Crippen molar-refractivity contribution >= 4 is 0 Å². The van der Waals surface area contributed by atoms with Crippen molar-refractivity contribution in [3.63, 3.8) is 0 Å². The number of nitrogens with two attached hydrogens (primary N) is 1. The SMILES string of the molecule is C/C=C/CCCCCCCCC1NC=CN1C(C)N. The van der Waals surface area contributed by atoms with E-state index >= 15 is 0 Å². The van der Waals surface area contributed by atoms with Crippen molar-refractivity contribution in [3.8, 4) is 0 Å². The van der Waals surface area contributed by atoms with Crippen LogP contribution in [0.1, 0.15) is 65.2 Å². The predicted molar refractivity (Wildman–Crippen MR) is 83.3 cm³/mol. The number of hydrogen-bond donors (Lipinski definition) is 2. The van der Waals surface area contributed by atoms with E-state index < -0.39 is 0 Å². The molecule has 0 aromatic heterocycles. The van der Waals surface area contributed by atoms with E-state index in [9.17, 15) is 0 Å². The number of nitrogens with zero attached hydrogens (tertiary/aromatic N) is 1. The van der Waals surface area contributed by atoms with Crippen LogP contribution in [0.4, 0.5) is 0 Å². The standard InChI is InChI=1S/C16H31N3/c1-3-4-5-6-7-8-9-10-11-12-16-18-13-14-19(16)15(2)17/h3-4,13-16,18H,5-12,17H2,1-2H3/b4-3+. The van der Waals surface area contributed by atoms with E-state index in [1.165, 1.54) is 51.4 Å². The Balaban J connectivity index is 1.93. The largest absolute Gasteiger partial charge is 0.370 e. The van der Waals surface area contributed by atoms with Gasteiger partial charge in [-0.15, -0.1) is 0 Å². The zero-order valence-electron chi connectivity index (χ0n) is 12.6. The lowest BCUT2D eigenvalue weighted by Crippen LogP contribution is -2.44.